The first-order chi connectivity index (χ1) is 16.3. The monoisotopic (exact) mass is 485 g/mol. The number of para-hydroxylation sites is 1. The van der Waals surface area contributed by atoms with Crippen LogP contribution < -0.4 is 10.6 Å². The lowest BCUT2D eigenvalue weighted by atomic mass is 10.2. The minimum absolute atomic E-state index is 0.138. The number of anilines is 2. The fourth-order valence-corrected chi connectivity index (χ4v) is 4.70. The summed E-state index contributed by atoms with van der Waals surface area (Å²) >= 11 is 0. The number of sulfonamides is 1. The Labute approximate surface area is 198 Å². The Morgan fingerprint density at radius 1 is 0.971 bits per heavy atom. The van der Waals surface area contributed by atoms with Gasteiger partial charge in [-0.2, -0.15) is 4.31 Å². The molecule has 9 nitrogen and oxygen atoms in total. The third-order valence-corrected chi connectivity index (χ3v) is 7.06. The predicted octanol–water partition coefficient (Wildman–Crippen LogP) is 3.72. The van der Waals surface area contributed by atoms with Gasteiger partial charge in [0.25, 0.3) is 5.91 Å². The van der Waals surface area contributed by atoms with E-state index in [9.17, 15) is 18.0 Å². The number of rotatable bonds is 11. The van der Waals surface area contributed by atoms with E-state index in [2.05, 4.69) is 10.6 Å². The number of carbonyl (C=O) groups is 2. The lowest BCUT2D eigenvalue weighted by Gasteiger charge is -2.18. The van der Waals surface area contributed by atoms with E-state index in [0.717, 1.165) is 0 Å². The molecule has 0 unspecified atom stereocenters. The van der Waals surface area contributed by atoms with Crippen molar-refractivity contribution in [3.63, 3.8) is 0 Å². The highest BCUT2D eigenvalue weighted by Gasteiger charge is 2.21. The number of esters is 1. The molecule has 0 saturated heterocycles. The van der Waals surface area contributed by atoms with Crippen LogP contribution in [0.25, 0.3) is 0 Å². The Bertz CT molecular complexity index is 1200. The highest BCUT2D eigenvalue weighted by Crippen LogP contribution is 2.19. The van der Waals surface area contributed by atoms with Crippen LogP contribution in [0.1, 0.15) is 30.0 Å². The number of furan rings is 1. The molecule has 0 spiro atoms. The van der Waals surface area contributed by atoms with E-state index in [1.165, 1.54) is 28.6 Å². The molecule has 3 aromatic rings. The first kappa shape index (κ1) is 25.0. The van der Waals surface area contributed by atoms with Crippen molar-refractivity contribution >= 4 is 33.3 Å². The van der Waals surface area contributed by atoms with Crippen molar-refractivity contribution in [2.75, 3.05) is 30.3 Å². The smallest absolute Gasteiger partial charge is 0.340 e. The van der Waals surface area contributed by atoms with Gasteiger partial charge in [-0.1, -0.05) is 26.0 Å². The number of hydrogen-bond acceptors (Lipinski definition) is 7. The first-order valence-electron chi connectivity index (χ1n) is 10.8. The van der Waals surface area contributed by atoms with Crippen molar-refractivity contribution in [3.8, 4) is 0 Å². The molecule has 2 N–H and O–H groups in total. The van der Waals surface area contributed by atoms with Crippen LogP contribution in [0.2, 0.25) is 0 Å². The molecule has 0 aliphatic carbocycles. The second-order valence-electron chi connectivity index (χ2n) is 7.22. The van der Waals surface area contributed by atoms with Gasteiger partial charge in [0.1, 0.15) is 5.76 Å². The van der Waals surface area contributed by atoms with Crippen molar-refractivity contribution in [1.29, 1.82) is 0 Å². The van der Waals surface area contributed by atoms with E-state index in [0.29, 0.717) is 36.8 Å². The van der Waals surface area contributed by atoms with E-state index >= 15 is 0 Å². The number of benzene rings is 2. The number of nitrogens with one attached hydrogen (secondary N) is 2. The van der Waals surface area contributed by atoms with Crippen LogP contribution in [0.4, 0.5) is 11.4 Å². The molecule has 0 atom stereocenters. The fraction of sp³-hybridized carbons (Fsp3) is 0.250. The summed E-state index contributed by atoms with van der Waals surface area (Å²) in [5, 5.41) is 5.70. The summed E-state index contributed by atoms with van der Waals surface area (Å²) in [7, 11) is -3.58. The molecular formula is C24H27N3O6S. The number of amides is 1. The summed E-state index contributed by atoms with van der Waals surface area (Å²) in [6.45, 7) is 4.16. The average molecular weight is 486 g/mol. The van der Waals surface area contributed by atoms with Crippen LogP contribution in [0.15, 0.2) is 76.2 Å². The number of hydrogen-bond donors (Lipinski definition) is 2. The summed E-state index contributed by atoms with van der Waals surface area (Å²) in [5.41, 5.74) is 1.22. The van der Waals surface area contributed by atoms with E-state index in [1.807, 2.05) is 6.07 Å². The fourth-order valence-electron chi connectivity index (χ4n) is 3.24. The van der Waals surface area contributed by atoms with Crippen LogP contribution in [0.3, 0.4) is 0 Å². The molecule has 0 aliphatic rings. The molecule has 1 aromatic heterocycles. The average Bonchev–Trinajstić information content (AvgIpc) is 3.36. The third kappa shape index (κ3) is 6.24. The van der Waals surface area contributed by atoms with Crippen molar-refractivity contribution in [2.45, 2.75) is 25.3 Å². The molecule has 1 heterocycles. The first-order valence-corrected chi connectivity index (χ1v) is 12.2. The maximum atomic E-state index is 12.6. The molecule has 180 valence electrons. The van der Waals surface area contributed by atoms with Crippen LogP contribution in [-0.2, 0) is 26.1 Å². The summed E-state index contributed by atoms with van der Waals surface area (Å²) in [6, 6.07) is 16.2. The largest absolute Gasteiger partial charge is 0.467 e. The van der Waals surface area contributed by atoms with Gasteiger partial charge in [0.2, 0.25) is 10.0 Å². The van der Waals surface area contributed by atoms with E-state index in [-0.39, 0.29) is 10.5 Å². The molecule has 0 radical (unpaired) electrons. The number of ether oxygens (including phenoxy) is 1. The Hall–Kier alpha value is -3.63. The minimum Gasteiger partial charge on any atom is -0.467 e. The molecule has 0 saturated carbocycles. The van der Waals surface area contributed by atoms with E-state index in [4.69, 9.17) is 9.15 Å². The normalized spacial score (nSPS) is 11.3. The molecule has 0 aliphatic heterocycles. The lowest BCUT2D eigenvalue weighted by Crippen LogP contribution is -2.30. The maximum Gasteiger partial charge on any atom is 0.340 e. The van der Waals surface area contributed by atoms with Gasteiger partial charge in [-0.15, -0.1) is 0 Å². The Balaban J connectivity index is 1.56. The summed E-state index contributed by atoms with van der Waals surface area (Å²) in [6.07, 6.45) is 1.56. The lowest BCUT2D eigenvalue weighted by molar-refractivity contribution is -0.119. The highest BCUT2D eigenvalue weighted by molar-refractivity contribution is 7.89. The number of nitrogens with zero attached hydrogens (tertiary/aromatic N) is 1. The van der Waals surface area contributed by atoms with Crippen LogP contribution in [0.5, 0.6) is 0 Å². The summed E-state index contributed by atoms with van der Waals surface area (Å²) in [5.74, 6) is -0.495. The van der Waals surface area contributed by atoms with Crippen molar-refractivity contribution in [2.24, 2.45) is 0 Å². The highest BCUT2D eigenvalue weighted by atomic mass is 32.2. The minimum atomic E-state index is -3.58. The van der Waals surface area contributed by atoms with Gasteiger partial charge in [0, 0.05) is 24.5 Å². The van der Waals surface area contributed by atoms with Crippen LogP contribution in [-0.4, -0.2) is 44.3 Å². The Morgan fingerprint density at radius 3 is 2.32 bits per heavy atom. The molecule has 10 heteroatoms. The molecule has 0 bridgehead atoms. The van der Waals surface area contributed by atoms with Gasteiger partial charge in [-0.25, -0.2) is 13.2 Å². The van der Waals surface area contributed by atoms with Gasteiger partial charge >= 0.3 is 5.97 Å². The van der Waals surface area contributed by atoms with Crippen molar-refractivity contribution in [3.05, 3.63) is 78.3 Å². The third-order valence-electron chi connectivity index (χ3n) is 5.00. The number of carbonyl (C=O) groups excluding carboxylic acids is 2. The van der Waals surface area contributed by atoms with Crippen LogP contribution >= 0.6 is 0 Å². The molecule has 3 rings (SSSR count). The maximum absolute atomic E-state index is 12.6. The van der Waals surface area contributed by atoms with Crippen molar-refractivity contribution in [1.82, 2.24) is 4.31 Å². The zero-order chi connectivity index (χ0) is 24.6. The molecule has 34 heavy (non-hydrogen) atoms. The van der Waals surface area contributed by atoms with Gasteiger partial charge in [0.05, 0.1) is 23.3 Å². The summed E-state index contributed by atoms with van der Waals surface area (Å²) in [4.78, 5) is 24.9. The standard InChI is InChI=1S/C24H27N3O6S/c1-3-27(4-2)34(30,31)20-13-11-18(12-14-20)26-23(28)17-33-24(29)21-9-5-6-10-22(21)25-16-19-8-7-15-32-19/h5-15,25H,3-4,16-17H2,1-2H3,(H,26,28). The Morgan fingerprint density at radius 2 is 1.68 bits per heavy atom. The Kier molecular flexibility index (Phi) is 8.44. The van der Waals surface area contributed by atoms with Crippen molar-refractivity contribution < 1.29 is 27.2 Å². The SMILES string of the molecule is CCN(CC)S(=O)(=O)c1ccc(NC(=O)COC(=O)c2ccccc2NCc2ccco2)cc1. The van der Waals surface area contributed by atoms with Gasteiger partial charge in [0.15, 0.2) is 6.61 Å². The molecular weight excluding hydrogens is 458 g/mol. The molecule has 2 aromatic carbocycles. The quantitative estimate of drug-likeness (QED) is 0.398. The van der Waals surface area contributed by atoms with E-state index < -0.39 is 28.5 Å². The van der Waals surface area contributed by atoms with Gasteiger partial charge in [-0.3, -0.25) is 4.79 Å². The predicted molar refractivity (Wildman–Crippen MR) is 128 cm³/mol. The molecule has 0 fully saturated rings. The second kappa shape index (κ2) is 11.5. The summed E-state index contributed by atoms with van der Waals surface area (Å²) < 4.78 is 36.9. The van der Waals surface area contributed by atoms with Gasteiger partial charge in [-0.05, 0) is 48.5 Å². The van der Waals surface area contributed by atoms with E-state index in [1.54, 1.807) is 50.4 Å². The van der Waals surface area contributed by atoms with Crippen LogP contribution in [0, 0.1) is 0 Å². The molecule has 1 amide bonds. The zero-order valence-corrected chi connectivity index (χ0v) is 19.8. The topological polar surface area (TPSA) is 118 Å². The zero-order valence-electron chi connectivity index (χ0n) is 19.0. The van der Waals surface area contributed by atoms with Gasteiger partial charge < -0.3 is 19.8 Å². The second-order valence-corrected chi connectivity index (χ2v) is 9.15.